The predicted octanol–water partition coefficient (Wildman–Crippen LogP) is 19.9. The minimum absolute atomic E-state index is 0.0631. The molecule has 2 aliphatic carbocycles. The van der Waals surface area contributed by atoms with E-state index in [-0.39, 0.29) is 90.9 Å². The lowest BCUT2D eigenvalue weighted by Crippen LogP contribution is -2.53. The Kier molecular flexibility index (Phi) is 34.4. The summed E-state index contributed by atoms with van der Waals surface area (Å²) in [6, 6.07) is 15.5. The van der Waals surface area contributed by atoms with Gasteiger partial charge in [-0.3, -0.25) is 4.79 Å². The van der Waals surface area contributed by atoms with E-state index in [1.165, 1.54) is 24.3 Å². The first-order valence-corrected chi connectivity index (χ1v) is 40.1. The second kappa shape index (κ2) is 42.8. The lowest BCUT2D eigenvalue weighted by Gasteiger charge is -2.38. The molecule has 5 heterocycles. The number of rotatable bonds is 19. The second-order valence-electron chi connectivity index (χ2n) is 31.1. The first-order valence-electron chi connectivity index (χ1n) is 39.7. The third-order valence-corrected chi connectivity index (χ3v) is 21.6. The van der Waals surface area contributed by atoms with Crippen LogP contribution in [-0.4, -0.2) is 177 Å². The zero-order chi connectivity index (χ0) is 103. The first kappa shape index (κ1) is 110. The Morgan fingerprint density at radius 2 is 0.839 bits per heavy atom. The highest BCUT2D eigenvalue weighted by Gasteiger charge is 2.69. The molecule has 3 fully saturated rings. The van der Waals surface area contributed by atoms with Gasteiger partial charge >= 0.3 is 67.4 Å². The smallest absolute Gasteiger partial charge is 0.398 e. The summed E-state index contributed by atoms with van der Waals surface area (Å²) in [7, 11) is 0. The number of β-amino-alcohol motifs (C(OH)–C–C–N with tert-alkyl or cyclic N) is 1. The van der Waals surface area contributed by atoms with Gasteiger partial charge in [-0.25, -0.2) is 49.9 Å². The molecule has 14 N–H and O–H groups in total. The number of nitrogens with zero attached hydrogens (tertiary/aromatic N) is 3. The van der Waals surface area contributed by atoms with Crippen molar-refractivity contribution in [3.63, 3.8) is 0 Å². The highest BCUT2D eigenvalue weighted by molar-refractivity contribution is 6.26. The van der Waals surface area contributed by atoms with Crippen molar-refractivity contribution in [3.8, 4) is 0 Å². The molecule has 7 aromatic rings. The number of carbonyl (C=O) groups is 5. The van der Waals surface area contributed by atoms with E-state index >= 15 is 0 Å². The van der Waals surface area contributed by atoms with Crippen LogP contribution in [0.4, 0.5) is 182 Å². The van der Waals surface area contributed by atoms with E-state index in [4.69, 9.17) is 38.3 Å². The highest BCUT2D eigenvalue weighted by atomic mass is 35.5. The Morgan fingerprint density at radius 3 is 1.25 bits per heavy atom. The highest BCUT2D eigenvalue weighted by Crippen LogP contribution is 2.56. The summed E-state index contributed by atoms with van der Waals surface area (Å²) in [5.74, 6) is -8.06. The predicted molar refractivity (Wildman–Crippen MR) is 441 cm³/mol. The van der Waals surface area contributed by atoms with Crippen LogP contribution in [0, 0.1) is 52.6 Å². The van der Waals surface area contributed by atoms with E-state index in [9.17, 15) is 157 Å². The minimum Gasteiger partial charge on any atom is -0.398 e. The number of anilines is 7. The molecule has 51 heteroatoms. The van der Waals surface area contributed by atoms with E-state index in [1.807, 2.05) is 0 Å². The fourth-order valence-corrected chi connectivity index (χ4v) is 13.8. The molecule has 7 aliphatic rings. The van der Waals surface area contributed by atoms with Gasteiger partial charge in [0.25, 0.3) is 5.78 Å². The third kappa shape index (κ3) is 26.0. The van der Waals surface area contributed by atoms with Gasteiger partial charge in [-0.05, 0) is 165 Å². The van der Waals surface area contributed by atoms with Crippen molar-refractivity contribution in [1.29, 1.82) is 0 Å². The number of epoxide rings is 1. The van der Waals surface area contributed by atoms with Crippen LogP contribution < -0.4 is 49.1 Å². The first-order chi connectivity index (χ1) is 63.4. The summed E-state index contributed by atoms with van der Waals surface area (Å²) in [6.45, 7) is 8.22. The molecule has 0 radical (unpaired) electrons. The third-order valence-electron chi connectivity index (χ3n) is 21.1. The second-order valence-corrected chi connectivity index (χ2v) is 31.7. The zero-order valence-electron chi connectivity index (χ0n) is 70.4. The van der Waals surface area contributed by atoms with Gasteiger partial charge in [0.15, 0.2) is 10.5 Å². The molecule has 22 nitrogen and oxygen atoms in total. The van der Waals surface area contributed by atoms with Gasteiger partial charge in [0.2, 0.25) is 22.4 Å². The van der Waals surface area contributed by atoms with E-state index in [1.54, 1.807) is 0 Å². The van der Waals surface area contributed by atoms with Crippen LogP contribution >= 0.6 is 11.6 Å². The molecule has 6 atom stereocenters. The number of nitrogens with two attached hydrogens (primary N) is 3. The molecule has 1 saturated heterocycles. The standard InChI is InChI=1S/C17H18F4N2O2.C14H14F4N2O2.C13H11ClF4N2O.C13H12F4N2O2.C12H14F4N2O.C9H7F4NO.C8H5F4NO/c1-2-7-23-10-16(17(19,20)21,25-9-11-3-4-11)13-8-12(18)5-6-14(13)22-15(23)24;15-9-3-4-11-10(5-9)13(14(16,17)18,7-19-12(21)20-11)22-6-8-1-2-8;1-2-5-20-7-12(14,13(16,17)18)9-6-8(15)3-4-10(9)19-11(20)21;1-2-5-19-7-12(21,13(15,16)17)9-6-8(14)3-4-10(9)18-11(19)20;1-2-5-18-7-11(19,12(14,15)16)9-6-8(13)3-4-10(9)17;10-5-1-2-7(14)6(3-5)8(4-15-8)9(11,12)13;9-4-1-2-6(13)5(3-4)7(14)8(10,11)12/h2,5-6,8,11H,1,3-4,7,9-10H2,(H,22,24);3-5,8H,1-2,6-7H2,(H2,19,20,21);2-4,6H,1,5,7H2,(H,19,21);2-4,6,21H,1,5,7H2,(H,18,20);2-4,6,18-19H,1,5,7,17H2;1-3H,4,14H2;1-3H,13H2. The van der Waals surface area contributed by atoms with Crippen LogP contribution in [0.3, 0.4) is 0 Å². The van der Waals surface area contributed by atoms with E-state index in [0.29, 0.717) is 24.3 Å². The molecule has 7 aromatic carbocycles. The van der Waals surface area contributed by atoms with Gasteiger partial charge in [0.05, 0.1) is 51.6 Å². The van der Waals surface area contributed by atoms with Gasteiger partial charge < -0.3 is 88.2 Å². The normalized spacial score (nSPS) is 21.2. The molecule has 748 valence electrons. The lowest BCUT2D eigenvalue weighted by molar-refractivity contribution is -0.288. The molecule has 0 bridgehead atoms. The number of hydrogen-bond acceptors (Lipinski definition) is 14. The molecule has 8 amide bonds. The van der Waals surface area contributed by atoms with Crippen molar-refractivity contribution in [3.05, 3.63) is 258 Å². The number of aliphatic hydroxyl groups is 2. The van der Waals surface area contributed by atoms with Crippen molar-refractivity contribution in [2.45, 2.75) is 102 Å². The summed E-state index contributed by atoms with van der Waals surface area (Å²) in [6.07, 6.45) is -25.8. The van der Waals surface area contributed by atoms with E-state index < -0.39 is 225 Å². The maximum atomic E-state index is 14.2. The topological polar surface area (TPSA) is 317 Å². The molecule has 0 spiro atoms. The van der Waals surface area contributed by atoms with Crippen molar-refractivity contribution >= 4 is 81.3 Å². The van der Waals surface area contributed by atoms with E-state index in [0.717, 1.165) is 144 Å². The van der Waals surface area contributed by atoms with Gasteiger partial charge in [0.1, 0.15) is 40.7 Å². The van der Waals surface area contributed by atoms with Crippen molar-refractivity contribution < 1.29 is 171 Å². The molecular weight excluding hydrogens is 1930 g/mol. The number of halogens is 29. The number of Topliss-reactive ketones (excluding diaryl/α,β-unsaturated/α-hetero) is 1. The fraction of sp³-hybridized carbons (Fsp3) is 0.360. The maximum Gasteiger partial charge on any atom is 0.454 e. The fourth-order valence-electron chi connectivity index (χ4n) is 13.5. The number of carbonyl (C=O) groups excluding carboxylic acids is 5. The average Bonchev–Trinajstić information content (AvgIpc) is 1.57. The molecule has 2 saturated carbocycles. The Bertz CT molecular complexity index is 5460. The molecule has 6 unspecified atom stereocenters. The molecule has 137 heavy (non-hydrogen) atoms. The molecule has 0 aromatic heterocycles. The van der Waals surface area contributed by atoms with Crippen LogP contribution in [0.15, 0.2) is 178 Å². The number of ether oxygens (including phenoxy) is 3. The van der Waals surface area contributed by atoms with Gasteiger partial charge in [-0.2, -0.15) is 92.2 Å². The van der Waals surface area contributed by atoms with Crippen LogP contribution in [0.1, 0.15) is 69.4 Å². The maximum absolute atomic E-state index is 14.2. The van der Waals surface area contributed by atoms with Crippen molar-refractivity contribution in [1.82, 2.24) is 25.3 Å². The summed E-state index contributed by atoms with van der Waals surface area (Å²) in [4.78, 5) is 57.9. The quantitative estimate of drug-likeness (QED) is 0.00682. The number of nitrogens with one attached hydrogen (secondary N) is 6. The van der Waals surface area contributed by atoms with Crippen molar-refractivity contribution in [2.75, 3.05) is 117 Å². The zero-order valence-corrected chi connectivity index (χ0v) is 71.2. The lowest BCUT2D eigenvalue weighted by atomic mass is 9.90. The molecule has 5 aliphatic heterocycles. The minimum atomic E-state index is -5.08. The summed E-state index contributed by atoms with van der Waals surface area (Å²) < 4.78 is 384. The van der Waals surface area contributed by atoms with Crippen LogP contribution in [-0.2, 0) is 47.1 Å². The van der Waals surface area contributed by atoms with Crippen LogP contribution in [0.25, 0.3) is 0 Å². The van der Waals surface area contributed by atoms with Gasteiger partial charge in [-0.15, -0.1) is 37.9 Å². The number of hydrogen-bond donors (Lipinski definition) is 11. The number of urea groups is 4. The number of ketones is 1. The van der Waals surface area contributed by atoms with Crippen molar-refractivity contribution in [2.24, 2.45) is 11.8 Å². The molecular formula is C86H81ClF28N12O10. The Labute approximate surface area is 763 Å². The Hall–Kier alpha value is -12.3. The number of amides is 8. The van der Waals surface area contributed by atoms with E-state index in [2.05, 4.69) is 63.0 Å². The SMILES string of the molecule is C=CCN1CC(Cl)(C(F)(F)F)c2cc(F)ccc2NC1=O.C=CCN1CC(O)(C(F)(F)F)c2cc(F)ccc2NC1=O.C=CCN1CC(OCC2CC2)(C(F)(F)F)c2cc(F)ccc2NC1=O.C=CCNCC(O)(c1cc(F)ccc1N)C(F)(F)F.Nc1ccc(F)cc1C(=O)C(F)(F)F.Nc1ccc(F)cc1C1(C(F)(F)F)CO1.O=C1NCC(OCC2CC2)(C(F)(F)F)c2cc(F)ccc2N1. The number of benzene rings is 7. The Balaban J connectivity index is 0.000000198. The number of alkyl halides is 22. The van der Waals surface area contributed by atoms with Gasteiger partial charge in [0, 0.05) is 106 Å². The summed E-state index contributed by atoms with van der Waals surface area (Å²) in [5.41, 5.74) is -4.23. The largest absolute Gasteiger partial charge is 0.454 e. The Morgan fingerprint density at radius 1 is 0.467 bits per heavy atom. The summed E-state index contributed by atoms with van der Waals surface area (Å²) >= 11 is 5.79. The number of fused-ring (bicyclic) bond motifs is 4. The van der Waals surface area contributed by atoms with Crippen LogP contribution in [0.5, 0.6) is 0 Å². The number of nitrogen functional groups attached to an aromatic ring is 3. The molecule has 14 rings (SSSR count). The van der Waals surface area contributed by atoms with Gasteiger partial charge in [-0.1, -0.05) is 24.3 Å². The average molecular weight is 2010 g/mol. The monoisotopic (exact) mass is 2010 g/mol. The van der Waals surface area contributed by atoms with Crippen LogP contribution in [0.2, 0.25) is 0 Å². The summed E-state index contributed by atoms with van der Waals surface area (Å²) in [5, 5.41) is 33.7.